The highest BCUT2D eigenvalue weighted by molar-refractivity contribution is 5.77. The molecular weight excluding hydrogens is 397 g/mol. The summed E-state index contributed by atoms with van der Waals surface area (Å²) in [7, 11) is 1.51. The summed E-state index contributed by atoms with van der Waals surface area (Å²) >= 11 is 0. The average Bonchev–Trinajstić information content (AvgIpc) is 2.83. The third-order valence-corrected chi connectivity index (χ3v) is 7.15. The monoisotopic (exact) mass is 435 g/mol. The van der Waals surface area contributed by atoms with Crippen molar-refractivity contribution in [2.45, 2.75) is 90.4 Å². The Morgan fingerprint density at radius 1 is 0.969 bits per heavy atom. The fraction of sp³-hybridized carbons (Fsp3) is 0.552. The number of rotatable bonds is 10. The predicted octanol–water partition coefficient (Wildman–Crippen LogP) is 8.57. The van der Waals surface area contributed by atoms with Gasteiger partial charge in [0.25, 0.3) is 0 Å². The standard InChI is InChI=1S/C29H38FNO/c1-4-6-7-8-10-23-15-18-27(29(32-3)28(23)30)26-17-16-24(19-25(26)20-31)22-13-11-21(9-5-2)12-14-22/h15-19,21-22H,4-14H2,1-3H3. The Bertz CT molecular complexity index is 921. The number of halogens is 1. The lowest BCUT2D eigenvalue weighted by molar-refractivity contribution is 0.308. The number of methoxy groups -OCH3 is 1. The molecule has 1 aliphatic rings. The lowest BCUT2D eigenvalue weighted by Gasteiger charge is -2.29. The van der Waals surface area contributed by atoms with Crippen LogP contribution in [-0.2, 0) is 6.42 Å². The number of hydrogen-bond donors (Lipinski definition) is 0. The van der Waals surface area contributed by atoms with E-state index in [1.54, 1.807) is 0 Å². The molecule has 0 bridgehead atoms. The molecule has 32 heavy (non-hydrogen) atoms. The molecule has 0 atom stereocenters. The Balaban J connectivity index is 1.83. The number of aryl methyl sites for hydroxylation is 1. The van der Waals surface area contributed by atoms with Crippen LogP contribution in [0.3, 0.4) is 0 Å². The summed E-state index contributed by atoms with van der Waals surface area (Å²) in [6.07, 6.45) is 12.7. The van der Waals surface area contributed by atoms with Crippen LogP contribution in [0.2, 0.25) is 0 Å². The minimum Gasteiger partial charge on any atom is -0.493 e. The summed E-state index contributed by atoms with van der Waals surface area (Å²) in [5.74, 6) is 1.35. The number of nitriles is 1. The van der Waals surface area contributed by atoms with Crippen LogP contribution in [0.1, 0.15) is 101 Å². The first-order valence-corrected chi connectivity index (χ1v) is 12.5. The van der Waals surface area contributed by atoms with Gasteiger partial charge in [0.15, 0.2) is 11.6 Å². The Morgan fingerprint density at radius 3 is 2.38 bits per heavy atom. The van der Waals surface area contributed by atoms with E-state index in [2.05, 4.69) is 26.0 Å². The number of hydrogen-bond acceptors (Lipinski definition) is 2. The smallest absolute Gasteiger partial charge is 0.168 e. The van der Waals surface area contributed by atoms with E-state index in [0.717, 1.165) is 30.7 Å². The van der Waals surface area contributed by atoms with Gasteiger partial charge in [0, 0.05) is 11.1 Å². The number of benzene rings is 2. The van der Waals surface area contributed by atoms with Crippen LogP contribution in [0, 0.1) is 23.1 Å². The van der Waals surface area contributed by atoms with E-state index in [9.17, 15) is 5.26 Å². The summed E-state index contributed by atoms with van der Waals surface area (Å²) in [4.78, 5) is 0. The molecule has 0 heterocycles. The molecule has 0 aliphatic heterocycles. The Hall–Kier alpha value is -2.34. The molecule has 0 amide bonds. The lowest BCUT2D eigenvalue weighted by atomic mass is 9.76. The molecule has 0 spiro atoms. The van der Waals surface area contributed by atoms with Crippen molar-refractivity contribution in [3.63, 3.8) is 0 Å². The maximum atomic E-state index is 15.2. The maximum absolute atomic E-state index is 15.2. The van der Waals surface area contributed by atoms with Crippen molar-refractivity contribution < 1.29 is 9.13 Å². The largest absolute Gasteiger partial charge is 0.493 e. The van der Waals surface area contributed by atoms with Gasteiger partial charge in [-0.1, -0.05) is 70.2 Å². The van der Waals surface area contributed by atoms with Gasteiger partial charge >= 0.3 is 0 Å². The van der Waals surface area contributed by atoms with Gasteiger partial charge < -0.3 is 4.74 Å². The molecule has 0 unspecified atom stereocenters. The molecule has 2 aromatic rings. The molecule has 0 N–H and O–H groups in total. The molecule has 1 aliphatic carbocycles. The topological polar surface area (TPSA) is 33.0 Å². The van der Waals surface area contributed by atoms with Gasteiger partial charge in [-0.15, -0.1) is 0 Å². The molecule has 3 heteroatoms. The van der Waals surface area contributed by atoms with Crippen LogP contribution in [0.5, 0.6) is 5.75 Å². The molecule has 0 radical (unpaired) electrons. The van der Waals surface area contributed by atoms with Crippen molar-refractivity contribution >= 4 is 0 Å². The van der Waals surface area contributed by atoms with Crippen LogP contribution >= 0.6 is 0 Å². The molecule has 0 saturated heterocycles. The highest BCUT2D eigenvalue weighted by atomic mass is 19.1. The minimum atomic E-state index is -0.288. The molecule has 2 aromatic carbocycles. The van der Waals surface area contributed by atoms with Crippen LogP contribution in [0.25, 0.3) is 11.1 Å². The third kappa shape index (κ3) is 5.71. The number of unbranched alkanes of at least 4 members (excludes halogenated alkanes) is 3. The van der Waals surface area contributed by atoms with E-state index in [1.165, 1.54) is 57.6 Å². The van der Waals surface area contributed by atoms with E-state index in [0.29, 0.717) is 29.0 Å². The van der Waals surface area contributed by atoms with Crippen molar-refractivity contribution in [3.05, 3.63) is 52.8 Å². The van der Waals surface area contributed by atoms with E-state index < -0.39 is 0 Å². The summed E-state index contributed by atoms with van der Waals surface area (Å²) in [5.41, 5.74) is 3.96. The first-order valence-electron chi connectivity index (χ1n) is 12.5. The lowest BCUT2D eigenvalue weighted by Crippen LogP contribution is -2.13. The maximum Gasteiger partial charge on any atom is 0.168 e. The normalized spacial score (nSPS) is 18.3. The molecule has 1 saturated carbocycles. The van der Waals surface area contributed by atoms with E-state index in [4.69, 9.17) is 4.74 Å². The second-order valence-electron chi connectivity index (χ2n) is 9.35. The number of nitrogens with zero attached hydrogens (tertiary/aromatic N) is 1. The first-order chi connectivity index (χ1) is 15.6. The van der Waals surface area contributed by atoms with Crippen molar-refractivity contribution in [3.8, 4) is 22.9 Å². The zero-order valence-electron chi connectivity index (χ0n) is 20.1. The van der Waals surface area contributed by atoms with Gasteiger partial charge in [0.2, 0.25) is 0 Å². The van der Waals surface area contributed by atoms with Crippen LogP contribution in [0.4, 0.5) is 4.39 Å². The van der Waals surface area contributed by atoms with Crippen molar-refractivity contribution in [1.29, 1.82) is 5.26 Å². The van der Waals surface area contributed by atoms with Gasteiger partial charge in [-0.2, -0.15) is 5.26 Å². The molecule has 172 valence electrons. The summed E-state index contributed by atoms with van der Waals surface area (Å²) in [5, 5.41) is 9.88. The SMILES string of the molecule is CCCCCCc1ccc(-c2ccc(C3CCC(CCC)CC3)cc2C#N)c(OC)c1F. The molecular formula is C29H38FNO. The molecule has 3 rings (SSSR count). The van der Waals surface area contributed by atoms with Crippen LogP contribution in [0.15, 0.2) is 30.3 Å². The Labute approximate surface area is 193 Å². The number of ether oxygens (including phenoxy) is 1. The fourth-order valence-electron chi connectivity index (χ4n) is 5.28. The minimum absolute atomic E-state index is 0.252. The predicted molar refractivity (Wildman–Crippen MR) is 131 cm³/mol. The second-order valence-corrected chi connectivity index (χ2v) is 9.35. The van der Waals surface area contributed by atoms with Crippen molar-refractivity contribution in [2.24, 2.45) is 5.92 Å². The zero-order valence-corrected chi connectivity index (χ0v) is 20.1. The van der Waals surface area contributed by atoms with Gasteiger partial charge in [-0.3, -0.25) is 0 Å². The summed E-state index contributed by atoms with van der Waals surface area (Å²) in [6.45, 7) is 4.44. The van der Waals surface area contributed by atoms with Crippen LogP contribution < -0.4 is 4.74 Å². The third-order valence-electron chi connectivity index (χ3n) is 7.15. The van der Waals surface area contributed by atoms with Crippen molar-refractivity contribution in [1.82, 2.24) is 0 Å². The fourth-order valence-corrected chi connectivity index (χ4v) is 5.28. The summed E-state index contributed by atoms with van der Waals surface area (Å²) < 4.78 is 20.7. The Kier molecular flexibility index (Phi) is 9.15. The van der Waals surface area contributed by atoms with Crippen molar-refractivity contribution in [2.75, 3.05) is 7.11 Å². The average molecular weight is 436 g/mol. The summed E-state index contributed by atoms with van der Waals surface area (Å²) in [6, 6.07) is 12.3. The highest BCUT2D eigenvalue weighted by Crippen LogP contribution is 2.41. The van der Waals surface area contributed by atoms with Gasteiger partial charge in [0.1, 0.15) is 0 Å². The Morgan fingerprint density at radius 2 is 1.72 bits per heavy atom. The quantitative estimate of drug-likeness (QED) is 0.350. The second kappa shape index (κ2) is 12.0. The van der Waals surface area contributed by atoms with E-state index in [-0.39, 0.29) is 11.6 Å². The van der Waals surface area contributed by atoms with Crippen LogP contribution in [-0.4, -0.2) is 7.11 Å². The molecule has 0 aromatic heterocycles. The van der Waals surface area contributed by atoms with Gasteiger partial charge in [-0.25, -0.2) is 4.39 Å². The zero-order chi connectivity index (χ0) is 22.9. The van der Waals surface area contributed by atoms with E-state index >= 15 is 4.39 Å². The first kappa shape index (κ1) is 24.3. The highest BCUT2D eigenvalue weighted by Gasteiger charge is 2.23. The molecule has 2 nitrogen and oxygen atoms in total. The van der Waals surface area contributed by atoms with Gasteiger partial charge in [0.05, 0.1) is 18.7 Å². The van der Waals surface area contributed by atoms with Gasteiger partial charge in [-0.05, 0) is 67.6 Å². The van der Waals surface area contributed by atoms with E-state index in [1.807, 2.05) is 24.3 Å². The molecule has 1 fully saturated rings.